The summed E-state index contributed by atoms with van der Waals surface area (Å²) in [5.41, 5.74) is 6.48. The second kappa shape index (κ2) is 6.46. The molecule has 0 saturated carbocycles. The van der Waals surface area contributed by atoms with Crippen molar-refractivity contribution in [3.05, 3.63) is 12.1 Å². The fourth-order valence-corrected chi connectivity index (χ4v) is 3.15. The Kier molecular flexibility index (Phi) is 4.49. The summed E-state index contributed by atoms with van der Waals surface area (Å²) < 4.78 is 10.6. The minimum atomic E-state index is -0.444. The van der Waals surface area contributed by atoms with E-state index in [9.17, 15) is 9.59 Å². The maximum Gasteiger partial charge on any atom is 0.231 e. The molecule has 0 spiro atoms. The normalized spacial score (nSPS) is 19.6. The predicted octanol–water partition coefficient (Wildman–Crippen LogP) is 2.22. The monoisotopic (exact) mass is 347 g/mol. The summed E-state index contributed by atoms with van der Waals surface area (Å²) in [5, 5.41) is 2.87. The minimum Gasteiger partial charge on any atom is -0.454 e. The predicted molar refractivity (Wildman–Crippen MR) is 94.4 cm³/mol. The van der Waals surface area contributed by atoms with Gasteiger partial charge < -0.3 is 25.4 Å². The van der Waals surface area contributed by atoms with Gasteiger partial charge in [0.15, 0.2) is 11.5 Å². The van der Waals surface area contributed by atoms with E-state index in [0.717, 1.165) is 12.8 Å². The Labute approximate surface area is 147 Å². The summed E-state index contributed by atoms with van der Waals surface area (Å²) in [6, 6.07) is 3.32. The number of carbonyl (C=O) groups excluding carboxylic acids is 2. The van der Waals surface area contributed by atoms with Gasteiger partial charge in [0, 0.05) is 30.6 Å². The van der Waals surface area contributed by atoms with Crippen LogP contribution in [0.1, 0.15) is 33.6 Å². The number of nitrogen functional groups attached to an aromatic ring is 1. The summed E-state index contributed by atoms with van der Waals surface area (Å²) >= 11 is 0. The van der Waals surface area contributed by atoms with E-state index in [4.69, 9.17) is 15.2 Å². The lowest BCUT2D eigenvalue weighted by Crippen LogP contribution is -2.47. The Morgan fingerprint density at radius 2 is 1.92 bits per heavy atom. The molecule has 2 amide bonds. The van der Waals surface area contributed by atoms with Crippen LogP contribution < -0.4 is 20.5 Å². The maximum absolute atomic E-state index is 12.7. The van der Waals surface area contributed by atoms with E-state index < -0.39 is 5.41 Å². The van der Waals surface area contributed by atoms with E-state index in [0.29, 0.717) is 36.0 Å². The van der Waals surface area contributed by atoms with E-state index >= 15 is 0 Å². The molecule has 1 fully saturated rings. The average Bonchev–Trinajstić information content (AvgIpc) is 3.00. The Morgan fingerprint density at radius 3 is 2.60 bits per heavy atom. The van der Waals surface area contributed by atoms with E-state index in [1.54, 1.807) is 17.0 Å². The molecule has 0 bridgehead atoms. The number of hydrogen-bond donors (Lipinski definition) is 2. The Balaban J connectivity index is 1.68. The van der Waals surface area contributed by atoms with Crippen molar-refractivity contribution in [1.82, 2.24) is 4.90 Å². The highest BCUT2D eigenvalue weighted by Gasteiger charge is 2.33. The molecule has 3 N–H and O–H groups in total. The van der Waals surface area contributed by atoms with Gasteiger partial charge in [-0.3, -0.25) is 9.59 Å². The molecule has 25 heavy (non-hydrogen) atoms. The molecule has 7 nitrogen and oxygen atoms in total. The molecule has 136 valence electrons. The SMILES string of the molecule is CC(C)(C)C(=O)N1CCCC(C(=O)Nc2cc3c(cc2N)OCO3)C1. The van der Waals surface area contributed by atoms with Crippen molar-refractivity contribution in [1.29, 1.82) is 0 Å². The van der Waals surface area contributed by atoms with Gasteiger partial charge in [-0.15, -0.1) is 0 Å². The van der Waals surface area contributed by atoms with Crippen LogP contribution in [0.15, 0.2) is 12.1 Å². The molecule has 1 saturated heterocycles. The zero-order valence-electron chi connectivity index (χ0n) is 14.9. The van der Waals surface area contributed by atoms with Crippen molar-refractivity contribution < 1.29 is 19.1 Å². The first kappa shape index (κ1) is 17.4. The Morgan fingerprint density at radius 1 is 1.24 bits per heavy atom. The average molecular weight is 347 g/mol. The largest absolute Gasteiger partial charge is 0.454 e. The van der Waals surface area contributed by atoms with E-state index in [-0.39, 0.29) is 24.5 Å². The Bertz CT molecular complexity index is 696. The van der Waals surface area contributed by atoms with Crippen molar-refractivity contribution in [3.8, 4) is 11.5 Å². The number of benzene rings is 1. The van der Waals surface area contributed by atoms with Crippen LogP contribution in [0.25, 0.3) is 0 Å². The third kappa shape index (κ3) is 3.65. The highest BCUT2D eigenvalue weighted by atomic mass is 16.7. The molecule has 7 heteroatoms. The molecule has 2 aliphatic heterocycles. The van der Waals surface area contributed by atoms with Crippen LogP contribution in [0.2, 0.25) is 0 Å². The molecule has 0 aliphatic carbocycles. The van der Waals surface area contributed by atoms with Gasteiger partial charge in [0.05, 0.1) is 17.3 Å². The van der Waals surface area contributed by atoms with Crippen molar-refractivity contribution in [2.75, 3.05) is 30.9 Å². The lowest BCUT2D eigenvalue weighted by Gasteiger charge is -2.35. The van der Waals surface area contributed by atoms with Gasteiger partial charge in [-0.05, 0) is 12.8 Å². The number of anilines is 2. The van der Waals surface area contributed by atoms with Crippen LogP contribution in [0, 0.1) is 11.3 Å². The molecular weight excluding hydrogens is 322 g/mol. The number of piperidine rings is 1. The van der Waals surface area contributed by atoms with Gasteiger partial charge in [-0.2, -0.15) is 0 Å². The molecular formula is C18H25N3O4. The van der Waals surface area contributed by atoms with Gasteiger partial charge in [0.1, 0.15) is 0 Å². The number of nitrogens with zero attached hydrogens (tertiary/aromatic N) is 1. The van der Waals surface area contributed by atoms with Crippen LogP contribution in [-0.2, 0) is 9.59 Å². The van der Waals surface area contributed by atoms with Gasteiger partial charge in [-0.1, -0.05) is 20.8 Å². The van der Waals surface area contributed by atoms with Gasteiger partial charge >= 0.3 is 0 Å². The third-order valence-corrected chi connectivity index (χ3v) is 4.52. The lowest BCUT2D eigenvalue weighted by molar-refractivity contribution is -0.142. The smallest absolute Gasteiger partial charge is 0.231 e. The number of hydrogen-bond acceptors (Lipinski definition) is 5. The summed E-state index contributed by atoms with van der Waals surface area (Å²) in [6.45, 7) is 6.97. The summed E-state index contributed by atoms with van der Waals surface area (Å²) in [4.78, 5) is 26.9. The minimum absolute atomic E-state index is 0.0765. The number of fused-ring (bicyclic) bond motifs is 1. The molecule has 1 aromatic rings. The van der Waals surface area contributed by atoms with Crippen molar-refractivity contribution >= 4 is 23.2 Å². The third-order valence-electron chi connectivity index (χ3n) is 4.52. The molecule has 3 rings (SSSR count). The highest BCUT2D eigenvalue weighted by Crippen LogP contribution is 2.38. The number of nitrogens with one attached hydrogen (secondary N) is 1. The fourth-order valence-electron chi connectivity index (χ4n) is 3.15. The number of amides is 2. The molecule has 1 unspecified atom stereocenters. The number of nitrogens with two attached hydrogens (primary N) is 1. The second-order valence-corrected chi connectivity index (χ2v) is 7.62. The van der Waals surface area contributed by atoms with Crippen LogP contribution in [0.5, 0.6) is 11.5 Å². The van der Waals surface area contributed by atoms with Crippen LogP contribution in [-0.4, -0.2) is 36.6 Å². The van der Waals surface area contributed by atoms with Gasteiger partial charge in [0.25, 0.3) is 0 Å². The molecule has 1 atom stereocenters. The van der Waals surface area contributed by atoms with Crippen LogP contribution in [0.3, 0.4) is 0 Å². The molecule has 1 aromatic carbocycles. The van der Waals surface area contributed by atoms with E-state index in [1.165, 1.54) is 0 Å². The first-order valence-corrected chi connectivity index (χ1v) is 8.55. The Hall–Kier alpha value is -2.44. The summed E-state index contributed by atoms with van der Waals surface area (Å²) in [6.07, 6.45) is 1.57. The first-order chi connectivity index (χ1) is 11.8. The number of carbonyl (C=O) groups is 2. The van der Waals surface area contributed by atoms with Crippen molar-refractivity contribution in [2.45, 2.75) is 33.6 Å². The highest BCUT2D eigenvalue weighted by molar-refractivity contribution is 5.96. The molecule has 2 heterocycles. The topological polar surface area (TPSA) is 93.9 Å². The lowest BCUT2D eigenvalue weighted by atomic mass is 9.91. The second-order valence-electron chi connectivity index (χ2n) is 7.62. The number of likely N-dealkylation sites (tertiary alicyclic amines) is 1. The van der Waals surface area contributed by atoms with Crippen molar-refractivity contribution in [2.24, 2.45) is 11.3 Å². The first-order valence-electron chi connectivity index (χ1n) is 8.55. The molecule has 0 radical (unpaired) electrons. The van der Waals surface area contributed by atoms with E-state index in [2.05, 4.69) is 5.32 Å². The standard InChI is InChI=1S/C18H25N3O4/c1-18(2,3)17(23)21-6-4-5-11(9-21)16(22)20-13-8-15-14(7-12(13)19)24-10-25-15/h7-8,11H,4-6,9-10,19H2,1-3H3,(H,20,22). The van der Waals surface area contributed by atoms with E-state index in [1.807, 2.05) is 20.8 Å². The zero-order valence-corrected chi connectivity index (χ0v) is 14.9. The van der Waals surface area contributed by atoms with Crippen LogP contribution in [0.4, 0.5) is 11.4 Å². The maximum atomic E-state index is 12.7. The van der Waals surface area contributed by atoms with Gasteiger partial charge in [0.2, 0.25) is 18.6 Å². The fraction of sp³-hybridized carbons (Fsp3) is 0.556. The molecule has 0 aromatic heterocycles. The number of rotatable bonds is 2. The van der Waals surface area contributed by atoms with Crippen LogP contribution >= 0.6 is 0 Å². The van der Waals surface area contributed by atoms with Crippen molar-refractivity contribution in [3.63, 3.8) is 0 Å². The quantitative estimate of drug-likeness (QED) is 0.800. The number of ether oxygens (including phenoxy) is 2. The summed E-state index contributed by atoms with van der Waals surface area (Å²) in [5.74, 6) is 0.849. The van der Waals surface area contributed by atoms with Gasteiger partial charge in [-0.25, -0.2) is 0 Å². The molecule has 2 aliphatic rings. The summed E-state index contributed by atoms with van der Waals surface area (Å²) in [7, 11) is 0. The zero-order chi connectivity index (χ0) is 18.2.